The topological polar surface area (TPSA) is 41.7 Å². The summed E-state index contributed by atoms with van der Waals surface area (Å²) < 4.78 is 13.8. The van der Waals surface area contributed by atoms with Gasteiger partial charge in [0.2, 0.25) is 5.91 Å². The van der Waals surface area contributed by atoms with Crippen LogP contribution >= 0.6 is 0 Å². The summed E-state index contributed by atoms with van der Waals surface area (Å²) in [7, 11) is 0. The van der Waals surface area contributed by atoms with E-state index in [0.29, 0.717) is 28.1 Å². The highest BCUT2D eigenvalue weighted by Gasteiger charge is 2.27. The molecule has 0 atom stereocenters. The van der Waals surface area contributed by atoms with Gasteiger partial charge in [0.05, 0.1) is 13.1 Å². The van der Waals surface area contributed by atoms with Crippen LogP contribution in [0.15, 0.2) is 36.4 Å². The van der Waals surface area contributed by atoms with E-state index in [1.165, 1.54) is 11.0 Å². The number of hydrogen-bond acceptors (Lipinski definition) is 2. The Morgan fingerprint density at radius 2 is 1.96 bits per heavy atom. The van der Waals surface area contributed by atoms with Crippen molar-refractivity contribution >= 4 is 23.1 Å². The molecule has 0 fully saturated rings. The van der Waals surface area contributed by atoms with Crippen molar-refractivity contribution in [2.24, 2.45) is 0 Å². The zero-order chi connectivity index (χ0) is 17.3. The molecule has 1 aliphatic rings. The highest BCUT2D eigenvalue weighted by molar-refractivity contribution is 6.10. The van der Waals surface area contributed by atoms with Crippen molar-refractivity contribution in [3.8, 4) is 0 Å². The molecule has 120 valence electrons. The molecule has 0 aliphatic carbocycles. The number of amides is 1. The minimum absolute atomic E-state index is 0.106. The van der Waals surface area contributed by atoms with Crippen molar-refractivity contribution in [2.45, 2.75) is 26.3 Å². The van der Waals surface area contributed by atoms with Gasteiger partial charge in [-0.2, -0.15) is 0 Å². The average Bonchev–Trinajstić information content (AvgIpc) is 2.69. The van der Waals surface area contributed by atoms with Crippen LogP contribution in [0.1, 0.15) is 34.3 Å². The summed E-state index contributed by atoms with van der Waals surface area (Å²) in [6.07, 6.45) is 0.247. The molecule has 0 aromatic heterocycles. The molecule has 0 N–H and O–H groups in total. The Labute approximate surface area is 139 Å². The normalized spacial score (nSPS) is 14.1. The van der Waals surface area contributed by atoms with Crippen molar-refractivity contribution in [1.82, 2.24) is 0 Å². The van der Waals surface area contributed by atoms with Crippen LogP contribution in [0.4, 0.5) is 15.8 Å². The number of carbonyl (C=O) groups excluding carboxylic acids is 2. The molecule has 0 spiro atoms. The summed E-state index contributed by atoms with van der Waals surface area (Å²) >= 11 is 0. The van der Waals surface area contributed by atoms with Gasteiger partial charge in [0.25, 0.3) is 0 Å². The molecule has 4 nitrogen and oxygen atoms in total. The van der Waals surface area contributed by atoms with E-state index in [1.54, 1.807) is 37.3 Å². The van der Waals surface area contributed by atoms with Crippen LogP contribution in [-0.2, 0) is 11.3 Å². The lowest BCUT2D eigenvalue weighted by atomic mass is 10.1. The first-order valence-electron chi connectivity index (χ1n) is 7.59. The van der Waals surface area contributed by atoms with Crippen molar-refractivity contribution < 1.29 is 14.0 Å². The van der Waals surface area contributed by atoms with Gasteiger partial charge in [-0.05, 0) is 30.2 Å². The summed E-state index contributed by atoms with van der Waals surface area (Å²) in [5, 5.41) is 0. The zero-order valence-corrected chi connectivity index (χ0v) is 13.2. The Bertz CT molecular complexity index is 883. The third-order valence-electron chi connectivity index (χ3n) is 4.15. The summed E-state index contributed by atoms with van der Waals surface area (Å²) in [6, 6.07) is 9.53. The van der Waals surface area contributed by atoms with Crippen LogP contribution in [0.5, 0.6) is 0 Å². The molecule has 3 rings (SSSR count). The quantitative estimate of drug-likeness (QED) is 0.778. The third-order valence-corrected chi connectivity index (χ3v) is 4.15. The van der Waals surface area contributed by atoms with Crippen molar-refractivity contribution in [3.63, 3.8) is 0 Å². The van der Waals surface area contributed by atoms with Crippen LogP contribution in [0.2, 0.25) is 0 Å². The fraction of sp³-hybridized carbons (Fsp3) is 0.211. The van der Waals surface area contributed by atoms with E-state index in [9.17, 15) is 14.0 Å². The number of rotatable bonds is 2. The minimum Gasteiger partial charge on any atom is -0.309 e. The molecule has 0 saturated heterocycles. The molecular formula is C19H15FN2O2. The second-order valence-corrected chi connectivity index (χ2v) is 5.80. The molecular weight excluding hydrogens is 307 g/mol. The lowest BCUT2D eigenvalue weighted by Gasteiger charge is -2.23. The number of anilines is 1. The lowest BCUT2D eigenvalue weighted by molar-refractivity contribution is -0.118. The van der Waals surface area contributed by atoms with Gasteiger partial charge in [-0.3, -0.25) is 9.59 Å². The fourth-order valence-electron chi connectivity index (χ4n) is 2.76. The van der Waals surface area contributed by atoms with Gasteiger partial charge < -0.3 is 4.90 Å². The molecule has 1 heterocycles. The van der Waals surface area contributed by atoms with Gasteiger partial charge >= 0.3 is 0 Å². The van der Waals surface area contributed by atoms with Crippen molar-refractivity contribution in [1.29, 1.82) is 0 Å². The molecule has 5 heteroatoms. The standard InChI is InChI=1S/C19H15FN2O2/c1-12-3-4-13(9-16(12)20)11-22-17-10-14(21-2)5-6-15(17)18(23)7-8-19(22)24/h3-6,9-10H,7-8,11H2,1H3. The predicted molar refractivity (Wildman–Crippen MR) is 88.6 cm³/mol. The first kappa shape index (κ1) is 15.9. The predicted octanol–water partition coefficient (Wildman–Crippen LogP) is 4.19. The Morgan fingerprint density at radius 3 is 2.67 bits per heavy atom. The Hall–Kier alpha value is -3.00. The minimum atomic E-state index is -0.332. The SMILES string of the molecule is [C-]#[N+]c1ccc2c(c1)N(Cc1ccc(C)c(F)c1)C(=O)CCC2=O. The number of Topliss-reactive ketones (excluding diaryl/α,β-unsaturated/α-hetero) is 1. The number of ketones is 1. The summed E-state index contributed by atoms with van der Waals surface area (Å²) in [4.78, 5) is 29.6. The number of hydrogen-bond donors (Lipinski definition) is 0. The van der Waals surface area contributed by atoms with Crippen molar-refractivity contribution in [2.75, 3.05) is 4.90 Å². The highest BCUT2D eigenvalue weighted by Crippen LogP contribution is 2.32. The molecule has 0 bridgehead atoms. The number of benzene rings is 2. The second kappa shape index (κ2) is 6.25. The van der Waals surface area contributed by atoms with Crippen LogP contribution in [0.3, 0.4) is 0 Å². The van der Waals surface area contributed by atoms with Crippen LogP contribution in [0.25, 0.3) is 4.85 Å². The molecule has 0 saturated carbocycles. The molecule has 2 aromatic carbocycles. The van der Waals surface area contributed by atoms with E-state index in [2.05, 4.69) is 4.85 Å². The van der Waals surface area contributed by atoms with E-state index in [0.717, 1.165) is 0 Å². The van der Waals surface area contributed by atoms with Gasteiger partial charge in [-0.25, -0.2) is 9.24 Å². The summed E-state index contributed by atoms with van der Waals surface area (Å²) in [5.41, 5.74) is 2.39. The monoisotopic (exact) mass is 322 g/mol. The van der Waals surface area contributed by atoms with Crippen LogP contribution < -0.4 is 4.90 Å². The lowest BCUT2D eigenvalue weighted by Crippen LogP contribution is -2.29. The third kappa shape index (κ3) is 2.91. The Balaban J connectivity index is 2.06. The van der Waals surface area contributed by atoms with Crippen LogP contribution in [0, 0.1) is 19.3 Å². The van der Waals surface area contributed by atoms with E-state index >= 15 is 0 Å². The van der Waals surface area contributed by atoms with Crippen molar-refractivity contribution in [3.05, 3.63) is 70.3 Å². The number of nitrogens with zero attached hydrogens (tertiary/aromatic N) is 2. The Kier molecular flexibility index (Phi) is 4.13. The molecule has 1 amide bonds. The molecule has 0 radical (unpaired) electrons. The summed E-state index contributed by atoms with van der Waals surface area (Å²) in [5.74, 6) is -0.654. The Morgan fingerprint density at radius 1 is 1.17 bits per heavy atom. The van der Waals surface area contributed by atoms with E-state index < -0.39 is 0 Å². The average molecular weight is 322 g/mol. The molecule has 1 aliphatic heterocycles. The first-order valence-corrected chi connectivity index (χ1v) is 7.59. The second-order valence-electron chi connectivity index (χ2n) is 5.80. The first-order chi connectivity index (χ1) is 11.5. The van der Waals surface area contributed by atoms with E-state index in [-0.39, 0.29) is 36.9 Å². The largest absolute Gasteiger partial charge is 0.309 e. The van der Waals surface area contributed by atoms with Crippen LogP contribution in [-0.4, -0.2) is 11.7 Å². The number of fused-ring (bicyclic) bond motifs is 1. The fourth-order valence-corrected chi connectivity index (χ4v) is 2.76. The smallest absolute Gasteiger partial charge is 0.227 e. The van der Waals surface area contributed by atoms with Gasteiger partial charge in [0.1, 0.15) is 5.82 Å². The number of carbonyl (C=O) groups is 2. The van der Waals surface area contributed by atoms with Gasteiger partial charge in [0.15, 0.2) is 11.5 Å². The number of halogens is 1. The number of aryl methyl sites for hydroxylation is 1. The highest BCUT2D eigenvalue weighted by atomic mass is 19.1. The maximum Gasteiger partial charge on any atom is 0.227 e. The maximum absolute atomic E-state index is 13.8. The molecule has 2 aromatic rings. The molecule has 24 heavy (non-hydrogen) atoms. The van der Waals surface area contributed by atoms with Gasteiger partial charge in [0, 0.05) is 24.1 Å². The maximum atomic E-state index is 13.8. The molecule has 0 unspecified atom stereocenters. The van der Waals surface area contributed by atoms with Gasteiger partial charge in [-0.15, -0.1) is 0 Å². The zero-order valence-electron chi connectivity index (χ0n) is 13.2. The van der Waals surface area contributed by atoms with E-state index in [4.69, 9.17) is 6.57 Å². The summed E-state index contributed by atoms with van der Waals surface area (Å²) in [6.45, 7) is 8.98. The van der Waals surface area contributed by atoms with Gasteiger partial charge in [-0.1, -0.05) is 24.3 Å². The van der Waals surface area contributed by atoms with E-state index in [1.807, 2.05) is 0 Å².